The van der Waals surface area contributed by atoms with Crippen molar-refractivity contribution in [3.63, 3.8) is 0 Å². The summed E-state index contributed by atoms with van der Waals surface area (Å²) in [5, 5.41) is 3.09. The molecule has 2 aliphatic heterocycles. The second kappa shape index (κ2) is 12.0. The van der Waals surface area contributed by atoms with Crippen LogP contribution in [0.25, 0.3) is 0 Å². The van der Waals surface area contributed by atoms with E-state index in [1.807, 2.05) is 30.3 Å². The Labute approximate surface area is 203 Å². The number of benzene rings is 2. The molecule has 0 spiro atoms. The zero-order chi connectivity index (χ0) is 23.8. The molecule has 1 unspecified atom stereocenters. The molecule has 0 radical (unpaired) electrons. The summed E-state index contributed by atoms with van der Waals surface area (Å²) >= 11 is 0. The van der Waals surface area contributed by atoms with E-state index in [1.165, 1.54) is 11.3 Å². The fourth-order valence-electron chi connectivity index (χ4n) is 5.05. The average molecular weight is 463 g/mol. The van der Waals surface area contributed by atoms with Crippen LogP contribution in [-0.2, 0) is 16.0 Å². The van der Waals surface area contributed by atoms with E-state index in [1.54, 1.807) is 4.90 Å². The number of hydrogen-bond acceptors (Lipinski definition) is 4. The first-order valence-electron chi connectivity index (χ1n) is 12.8. The van der Waals surface area contributed by atoms with Gasteiger partial charge in [-0.1, -0.05) is 42.5 Å². The highest BCUT2D eigenvalue weighted by Crippen LogP contribution is 2.20. The van der Waals surface area contributed by atoms with Gasteiger partial charge >= 0.3 is 0 Å². The number of carbonyl (C=O) groups is 2. The molecule has 2 amide bonds. The molecule has 6 heteroatoms. The van der Waals surface area contributed by atoms with Crippen molar-refractivity contribution in [1.29, 1.82) is 0 Å². The molecule has 34 heavy (non-hydrogen) atoms. The van der Waals surface area contributed by atoms with Crippen LogP contribution in [0.3, 0.4) is 0 Å². The van der Waals surface area contributed by atoms with E-state index in [9.17, 15) is 9.59 Å². The standard InChI is InChI=1S/C28H38N4O2/c1-23-9-7-12-25(21-23)31-19-17-30(18-20-31)15-6-5-14-29-28(34)26-13-8-16-32(26)27(33)22-24-10-3-2-4-11-24/h2-4,7,9-12,21,26H,5-6,8,13-20,22H2,1H3,(H,29,34). The molecular formula is C28H38N4O2. The van der Waals surface area contributed by atoms with Crippen molar-refractivity contribution < 1.29 is 9.59 Å². The molecule has 6 nitrogen and oxygen atoms in total. The largest absolute Gasteiger partial charge is 0.369 e. The lowest BCUT2D eigenvalue weighted by molar-refractivity contribution is -0.137. The molecule has 4 rings (SSSR count). The summed E-state index contributed by atoms with van der Waals surface area (Å²) in [7, 11) is 0. The molecule has 2 aromatic rings. The minimum Gasteiger partial charge on any atom is -0.369 e. The van der Waals surface area contributed by atoms with E-state index in [0.29, 0.717) is 19.5 Å². The summed E-state index contributed by atoms with van der Waals surface area (Å²) < 4.78 is 0. The number of piperazine rings is 1. The van der Waals surface area contributed by atoms with Crippen LogP contribution in [0.2, 0.25) is 0 Å². The fourth-order valence-corrected chi connectivity index (χ4v) is 5.05. The highest BCUT2D eigenvalue weighted by atomic mass is 16.2. The first-order valence-corrected chi connectivity index (χ1v) is 12.8. The van der Waals surface area contributed by atoms with Crippen LogP contribution in [0, 0.1) is 6.92 Å². The third-order valence-electron chi connectivity index (χ3n) is 7.01. The van der Waals surface area contributed by atoms with Gasteiger partial charge in [-0.25, -0.2) is 0 Å². The van der Waals surface area contributed by atoms with Gasteiger partial charge in [0.15, 0.2) is 0 Å². The number of nitrogens with one attached hydrogen (secondary N) is 1. The van der Waals surface area contributed by atoms with E-state index < -0.39 is 0 Å². The number of carbonyl (C=O) groups excluding carboxylic acids is 2. The van der Waals surface area contributed by atoms with Gasteiger partial charge in [-0.05, 0) is 62.4 Å². The first kappa shape index (κ1) is 24.3. The van der Waals surface area contributed by atoms with Crippen LogP contribution in [-0.4, -0.2) is 73.5 Å². The van der Waals surface area contributed by atoms with Crippen molar-refractivity contribution in [3.05, 3.63) is 65.7 Å². The quantitative estimate of drug-likeness (QED) is 0.582. The first-order chi connectivity index (χ1) is 16.6. The Morgan fingerprint density at radius 2 is 1.74 bits per heavy atom. The smallest absolute Gasteiger partial charge is 0.242 e. The molecule has 0 aromatic heterocycles. The maximum Gasteiger partial charge on any atom is 0.242 e. The molecule has 2 fully saturated rings. The van der Waals surface area contributed by atoms with Crippen molar-refractivity contribution in [2.75, 3.05) is 50.7 Å². The molecule has 0 saturated carbocycles. The average Bonchev–Trinajstić information content (AvgIpc) is 3.35. The Balaban J connectivity index is 1.12. The van der Waals surface area contributed by atoms with E-state index in [0.717, 1.165) is 64.0 Å². The molecule has 2 heterocycles. The summed E-state index contributed by atoms with van der Waals surface area (Å²) in [6.07, 6.45) is 4.06. The predicted octanol–water partition coefficient (Wildman–Crippen LogP) is 3.25. The highest BCUT2D eigenvalue weighted by molar-refractivity contribution is 5.89. The number of likely N-dealkylation sites (tertiary alicyclic amines) is 1. The highest BCUT2D eigenvalue weighted by Gasteiger charge is 2.33. The maximum atomic E-state index is 12.8. The Morgan fingerprint density at radius 1 is 0.941 bits per heavy atom. The molecule has 2 aliphatic rings. The van der Waals surface area contributed by atoms with E-state index in [4.69, 9.17) is 0 Å². The summed E-state index contributed by atoms with van der Waals surface area (Å²) in [4.78, 5) is 32.3. The van der Waals surface area contributed by atoms with Crippen molar-refractivity contribution in [1.82, 2.24) is 15.1 Å². The normalized spacial score (nSPS) is 18.8. The van der Waals surface area contributed by atoms with Crippen LogP contribution in [0.4, 0.5) is 5.69 Å². The molecule has 2 saturated heterocycles. The molecule has 182 valence electrons. The van der Waals surface area contributed by atoms with Crippen LogP contribution in [0.1, 0.15) is 36.8 Å². The molecular weight excluding hydrogens is 424 g/mol. The Kier molecular flexibility index (Phi) is 8.58. The zero-order valence-electron chi connectivity index (χ0n) is 20.4. The van der Waals surface area contributed by atoms with Gasteiger partial charge in [-0.2, -0.15) is 0 Å². The fraction of sp³-hybridized carbons (Fsp3) is 0.500. The molecule has 1 N–H and O–H groups in total. The van der Waals surface area contributed by atoms with Crippen LogP contribution < -0.4 is 10.2 Å². The summed E-state index contributed by atoms with van der Waals surface area (Å²) in [5.74, 6) is 0.0549. The summed E-state index contributed by atoms with van der Waals surface area (Å²) in [6.45, 7) is 8.87. The Bertz CT molecular complexity index is 940. The Hall–Kier alpha value is -2.86. The number of anilines is 1. The van der Waals surface area contributed by atoms with Crippen molar-refractivity contribution in [2.24, 2.45) is 0 Å². The Morgan fingerprint density at radius 3 is 2.50 bits per heavy atom. The summed E-state index contributed by atoms with van der Waals surface area (Å²) in [5.41, 5.74) is 3.63. The van der Waals surface area contributed by atoms with Crippen molar-refractivity contribution in [2.45, 2.75) is 45.1 Å². The van der Waals surface area contributed by atoms with E-state index >= 15 is 0 Å². The van der Waals surface area contributed by atoms with Gasteiger partial charge in [-0.15, -0.1) is 0 Å². The van der Waals surface area contributed by atoms with Gasteiger partial charge in [-0.3, -0.25) is 14.5 Å². The second-order valence-corrected chi connectivity index (χ2v) is 9.57. The number of rotatable bonds is 9. The van der Waals surface area contributed by atoms with Gasteiger partial charge in [0.1, 0.15) is 6.04 Å². The van der Waals surface area contributed by atoms with Crippen molar-refractivity contribution >= 4 is 17.5 Å². The lowest BCUT2D eigenvalue weighted by atomic mass is 10.1. The SMILES string of the molecule is Cc1cccc(N2CCN(CCCCNC(=O)C3CCCN3C(=O)Cc3ccccc3)CC2)c1. The van der Waals surface area contributed by atoms with Crippen molar-refractivity contribution in [3.8, 4) is 0 Å². The van der Waals surface area contributed by atoms with Crippen LogP contribution in [0.5, 0.6) is 0 Å². The van der Waals surface area contributed by atoms with Gasteiger partial charge in [0.25, 0.3) is 0 Å². The lowest BCUT2D eigenvalue weighted by Crippen LogP contribution is -2.47. The number of aryl methyl sites for hydroxylation is 1. The lowest BCUT2D eigenvalue weighted by Gasteiger charge is -2.36. The molecule has 0 aliphatic carbocycles. The van der Waals surface area contributed by atoms with E-state index in [2.05, 4.69) is 46.3 Å². The minimum atomic E-state index is -0.314. The molecule has 2 aromatic carbocycles. The van der Waals surface area contributed by atoms with Gasteiger partial charge in [0.2, 0.25) is 11.8 Å². The van der Waals surface area contributed by atoms with Crippen LogP contribution in [0.15, 0.2) is 54.6 Å². The second-order valence-electron chi connectivity index (χ2n) is 9.57. The molecule has 1 atom stereocenters. The van der Waals surface area contributed by atoms with Gasteiger partial charge in [0, 0.05) is 45.0 Å². The number of amides is 2. The number of nitrogens with zero attached hydrogens (tertiary/aromatic N) is 3. The zero-order valence-corrected chi connectivity index (χ0v) is 20.4. The molecule has 0 bridgehead atoms. The van der Waals surface area contributed by atoms with Gasteiger partial charge < -0.3 is 15.1 Å². The maximum absolute atomic E-state index is 12.8. The monoisotopic (exact) mass is 462 g/mol. The van der Waals surface area contributed by atoms with E-state index in [-0.39, 0.29) is 17.9 Å². The summed E-state index contributed by atoms with van der Waals surface area (Å²) in [6, 6.07) is 18.2. The number of unbranched alkanes of at least 4 members (excludes halogenated alkanes) is 1. The minimum absolute atomic E-state index is 0.00526. The third-order valence-corrected chi connectivity index (χ3v) is 7.01. The third kappa shape index (κ3) is 6.60. The van der Waals surface area contributed by atoms with Gasteiger partial charge in [0.05, 0.1) is 6.42 Å². The topological polar surface area (TPSA) is 55.9 Å². The van der Waals surface area contributed by atoms with Crippen LogP contribution >= 0.6 is 0 Å². The number of hydrogen-bond donors (Lipinski definition) is 1. The predicted molar refractivity (Wildman–Crippen MR) is 137 cm³/mol.